The molecule has 19 heavy (non-hydrogen) atoms. The van der Waals surface area contributed by atoms with Gasteiger partial charge in [0, 0.05) is 30.2 Å². The monoisotopic (exact) mass is 276 g/mol. The van der Waals surface area contributed by atoms with Crippen LogP contribution in [-0.2, 0) is 13.5 Å². The molecule has 0 aliphatic carbocycles. The first-order valence-corrected chi connectivity index (χ1v) is 7.37. The Morgan fingerprint density at radius 3 is 2.63 bits per heavy atom. The van der Waals surface area contributed by atoms with Crippen LogP contribution < -0.4 is 5.32 Å². The van der Waals surface area contributed by atoms with Crippen molar-refractivity contribution in [2.24, 2.45) is 7.05 Å². The van der Waals surface area contributed by atoms with E-state index >= 15 is 0 Å². The van der Waals surface area contributed by atoms with Crippen molar-refractivity contribution < 1.29 is 0 Å². The molecule has 0 saturated carbocycles. The molecule has 0 aliphatic rings. The van der Waals surface area contributed by atoms with Crippen molar-refractivity contribution in [3.63, 3.8) is 0 Å². The van der Waals surface area contributed by atoms with Gasteiger partial charge in [0.05, 0.1) is 0 Å². The molecule has 0 amide bonds. The van der Waals surface area contributed by atoms with Crippen LogP contribution in [0.25, 0.3) is 0 Å². The minimum Gasteiger partial charge on any atom is -0.316 e. The van der Waals surface area contributed by atoms with Gasteiger partial charge in [0.2, 0.25) is 0 Å². The molecule has 0 aliphatic heterocycles. The molecule has 0 saturated heterocycles. The van der Waals surface area contributed by atoms with Crippen LogP contribution in [0.5, 0.6) is 0 Å². The molecule has 4 nitrogen and oxygen atoms in total. The minimum atomic E-state index is 0.397. The first kappa shape index (κ1) is 14.1. The Kier molecular flexibility index (Phi) is 4.99. The van der Waals surface area contributed by atoms with Crippen molar-refractivity contribution >= 4 is 11.8 Å². The standard InChI is InChI=1S/C14H20N4S/c1-11-4-6-13(7-5-11)19-9-12(15-2)8-14-16-10-17-18(14)3/h4-7,10,12,15H,8-9H2,1-3H3. The van der Waals surface area contributed by atoms with Crippen LogP contribution in [-0.4, -0.2) is 33.6 Å². The lowest BCUT2D eigenvalue weighted by atomic mass is 10.2. The lowest BCUT2D eigenvalue weighted by molar-refractivity contribution is 0.573. The molecule has 0 bridgehead atoms. The highest BCUT2D eigenvalue weighted by Gasteiger charge is 2.11. The van der Waals surface area contributed by atoms with E-state index in [1.54, 1.807) is 6.33 Å². The Morgan fingerprint density at radius 2 is 2.05 bits per heavy atom. The Hall–Kier alpha value is -1.33. The van der Waals surface area contributed by atoms with Crippen molar-refractivity contribution in [2.45, 2.75) is 24.3 Å². The average Bonchev–Trinajstić information content (AvgIpc) is 2.82. The molecule has 1 N–H and O–H groups in total. The highest BCUT2D eigenvalue weighted by molar-refractivity contribution is 7.99. The number of benzene rings is 1. The Morgan fingerprint density at radius 1 is 1.32 bits per heavy atom. The normalized spacial score (nSPS) is 12.6. The number of rotatable bonds is 6. The number of nitrogens with one attached hydrogen (secondary N) is 1. The fourth-order valence-corrected chi connectivity index (χ4v) is 2.81. The predicted molar refractivity (Wildman–Crippen MR) is 79.5 cm³/mol. The van der Waals surface area contributed by atoms with E-state index in [0.717, 1.165) is 18.0 Å². The van der Waals surface area contributed by atoms with Crippen LogP contribution in [0.4, 0.5) is 0 Å². The lowest BCUT2D eigenvalue weighted by Crippen LogP contribution is -2.31. The summed E-state index contributed by atoms with van der Waals surface area (Å²) >= 11 is 1.87. The van der Waals surface area contributed by atoms with Crippen molar-refractivity contribution in [1.82, 2.24) is 20.1 Å². The summed E-state index contributed by atoms with van der Waals surface area (Å²) in [6, 6.07) is 9.05. The van der Waals surface area contributed by atoms with Gasteiger partial charge in [-0.3, -0.25) is 4.68 Å². The average molecular weight is 276 g/mol. The van der Waals surface area contributed by atoms with Crippen LogP contribution >= 0.6 is 11.8 Å². The van der Waals surface area contributed by atoms with Crippen LogP contribution in [0.2, 0.25) is 0 Å². The molecule has 1 atom stereocenters. The highest BCUT2D eigenvalue weighted by Crippen LogP contribution is 2.19. The van der Waals surface area contributed by atoms with Gasteiger partial charge in [-0.25, -0.2) is 4.98 Å². The van der Waals surface area contributed by atoms with Gasteiger partial charge in [-0.15, -0.1) is 11.8 Å². The summed E-state index contributed by atoms with van der Waals surface area (Å²) in [5.74, 6) is 2.04. The van der Waals surface area contributed by atoms with E-state index in [1.165, 1.54) is 10.5 Å². The second kappa shape index (κ2) is 6.73. The van der Waals surface area contributed by atoms with E-state index in [1.807, 2.05) is 30.5 Å². The molecule has 2 aromatic rings. The maximum Gasteiger partial charge on any atom is 0.138 e. The van der Waals surface area contributed by atoms with E-state index in [-0.39, 0.29) is 0 Å². The second-order valence-electron chi connectivity index (χ2n) is 4.61. The van der Waals surface area contributed by atoms with E-state index in [0.29, 0.717) is 6.04 Å². The van der Waals surface area contributed by atoms with Gasteiger partial charge < -0.3 is 5.32 Å². The van der Waals surface area contributed by atoms with Crippen LogP contribution in [0.15, 0.2) is 35.5 Å². The molecule has 5 heteroatoms. The third kappa shape index (κ3) is 4.08. The first-order valence-electron chi connectivity index (χ1n) is 6.38. The molecule has 102 valence electrons. The number of hydrogen-bond acceptors (Lipinski definition) is 4. The molecule has 2 rings (SSSR count). The number of thioether (sulfide) groups is 1. The quantitative estimate of drug-likeness (QED) is 0.820. The van der Waals surface area contributed by atoms with E-state index < -0.39 is 0 Å². The number of hydrogen-bond donors (Lipinski definition) is 1. The molecular weight excluding hydrogens is 256 g/mol. The summed E-state index contributed by atoms with van der Waals surface area (Å²) in [5.41, 5.74) is 1.30. The van der Waals surface area contributed by atoms with Gasteiger partial charge in [-0.05, 0) is 26.1 Å². The third-order valence-corrected chi connectivity index (χ3v) is 4.29. The molecular formula is C14H20N4S. The van der Waals surface area contributed by atoms with Gasteiger partial charge in [0.15, 0.2) is 0 Å². The van der Waals surface area contributed by atoms with Crippen LogP contribution in [0.3, 0.4) is 0 Å². The van der Waals surface area contributed by atoms with E-state index in [9.17, 15) is 0 Å². The Balaban J connectivity index is 1.89. The zero-order valence-electron chi connectivity index (χ0n) is 11.6. The molecule has 0 spiro atoms. The second-order valence-corrected chi connectivity index (χ2v) is 5.71. The van der Waals surface area contributed by atoms with Gasteiger partial charge in [0.1, 0.15) is 12.2 Å². The van der Waals surface area contributed by atoms with E-state index in [4.69, 9.17) is 0 Å². The molecule has 1 aromatic heterocycles. The fraction of sp³-hybridized carbons (Fsp3) is 0.429. The summed E-state index contributed by atoms with van der Waals surface area (Å²) in [4.78, 5) is 5.58. The summed E-state index contributed by atoms with van der Waals surface area (Å²) in [7, 11) is 3.93. The zero-order chi connectivity index (χ0) is 13.7. The van der Waals surface area contributed by atoms with Crippen molar-refractivity contribution in [3.05, 3.63) is 42.0 Å². The van der Waals surface area contributed by atoms with Crippen molar-refractivity contribution in [3.8, 4) is 0 Å². The summed E-state index contributed by atoms with van der Waals surface area (Å²) in [6.07, 6.45) is 2.50. The SMILES string of the molecule is CNC(CSc1ccc(C)cc1)Cc1ncnn1C. The van der Waals surface area contributed by atoms with Gasteiger partial charge in [-0.2, -0.15) is 5.10 Å². The minimum absolute atomic E-state index is 0.397. The fourth-order valence-electron chi connectivity index (χ4n) is 1.80. The Bertz CT molecular complexity index is 506. The van der Waals surface area contributed by atoms with Gasteiger partial charge in [-0.1, -0.05) is 17.7 Å². The zero-order valence-corrected chi connectivity index (χ0v) is 12.4. The third-order valence-electron chi connectivity index (χ3n) is 3.11. The van der Waals surface area contributed by atoms with Gasteiger partial charge in [0.25, 0.3) is 0 Å². The van der Waals surface area contributed by atoms with Crippen molar-refractivity contribution in [2.75, 3.05) is 12.8 Å². The number of aromatic nitrogens is 3. The number of aryl methyl sites for hydroxylation is 2. The van der Waals surface area contributed by atoms with Crippen LogP contribution in [0.1, 0.15) is 11.4 Å². The molecule has 0 radical (unpaired) electrons. The first-order chi connectivity index (χ1) is 9.19. The molecule has 1 heterocycles. The maximum atomic E-state index is 4.27. The van der Waals surface area contributed by atoms with Gasteiger partial charge >= 0.3 is 0 Å². The summed E-state index contributed by atoms with van der Waals surface area (Å²) in [5, 5.41) is 7.45. The molecule has 1 aromatic carbocycles. The predicted octanol–water partition coefficient (Wildman–Crippen LogP) is 2.05. The van der Waals surface area contributed by atoms with Crippen molar-refractivity contribution in [1.29, 1.82) is 0 Å². The van der Waals surface area contributed by atoms with Crippen LogP contribution in [0, 0.1) is 6.92 Å². The highest BCUT2D eigenvalue weighted by atomic mass is 32.2. The Labute approximate surface area is 118 Å². The topological polar surface area (TPSA) is 42.7 Å². The lowest BCUT2D eigenvalue weighted by Gasteiger charge is -2.15. The number of likely N-dealkylation sites (N-methyl/N-ethyl adjacent to an activating group) is 1. The number of nitrogens with zero attached hydrogens (tertiary/aromatic N) is 3. The van der Waals surface area contributed by atoms with E-state index in [2.05, 4.69) is 46.6 Å². The molecule has 0 fully saturated rings. The largest absolute Gasteiger partial charge is 0.316 e. The summed E-state index contributed by atoms with van der Waals surface area (Å²) < 4.78 is 1.83. The maximum absolute atomic E-state index is 4.27. The molecule has 1 unspecified atom stereocenters. The smallest absolute Gasteiger partial charge is 0.138 e. The summed E-state index contributed by atoms with van der Waals surface area (Å²) in [6.45, 7) is 2.11.